The van der Waals surface area contributed by atoms with Crippen LogP contribution in [0.2, 0.25) is 0 Å². The predicted molar refractivity (Wildman–Crippen MR) is 88.0 cm³/mol. The molecule has 2 fully saturated rings. The second kappa shape index (κ2) is 7.09. The summed E-state index contributed by atoms with van der Waals surface area (Å²) in [5, 5.41) is 6.00. The summed E-state index contributed by atoms with van der Waals surface area (Å²) >= 11 is 0. The number of hydrogen-bond acceptors (Lipinski definition) is 3. The van der Waals surface area contributed by atoms with Crippen molar-refractivity contribution < 1.29 is 4.79 Å². The van der Waals surface area contributed by atoms with Crippen LogP contribution >= 0.6 is 0 Å². The molecule has 1 saturated heterocycles. The van der Waals surface area contributed by atoms with Crippen molar-refractivity contribution in [3.63, 3.8) is 0 Å². The number of urea groups is 1. The third-order valence-corrected chi connectivity index (χ3v) is 4.99. The van der Waals surface area contributed by atoms with Gasteiger partial charge in [-0.25, -0.2) is 4.79 Å². The molecule has 22 heavy (non-hydrogen) atoms. The van der Waals surface area contributed by atoms with Crippen molar-refractivity contribution in [3.8, 4) is 0 Å². The van der Waals surface area contributed by atoms with Gasteiger partial charge in [-0.05, 0) is 44.2 Å². The number of carbonyl (C=O) groups is 1. The third-order valence-electron chi connectivity index (χ3n) is 4.99. The summed E-state index contributed by atoms with van der Waals surface area (Å²) < 4.78 is 0. The van der Waals surface area contributed by atoms with Crippen molar-refractivity contribution in [1.82, 2.24) is 15.2 Å². The Hall–Kier alpha value is -1.62. The van der Waals surface area contributed by atoms with Crippen LogP contribution < -0.4 is 10.6 Å². The van der Waals surface area contributed by atoms with E-state index in [1.54, 1.807) is 12.4 Å². The number of nitrogens with zero attached hydrogens (tertiary/aromatic N) is 2. The van der Waals surface area contributed by atoms with Crippen LogP contribution in [0.5, 0.6) is 0 Å². The number of pyridine rings is 1. The number of amides is 2. The number of nitrogens with one attached hydrogen (secondary N) is 2. The molecule has 0 atom stereocenters. The highest BCUT2D eigenvalue weighted by Crippen LogP contribution is 2.26. The summed E-state index contributed by atoms with van der Waals surface area (Å²) in [6.45, 7) is 4.19. The highest BCUT2D eigenvalue weighted by atomic mass is 16.2. The first kappa shape index (κ1) is 15.3. The number of anilines is 1. The molecule has 0 spiro atoms. The van der Waals surface area contributed by atoms with Crippen molar-refractivity contribution in [2.24, 2.45) is 0 Å². The fraction of sp³-hybridized carbons (Fsp3) is 0.647. The molecule has 1 aliphatic carbocycles. The summed E-state index contributed by atoms with van der Waals surface area (Å²) in [6.07, 6.45) is 11.0. The quantitative estimate of drug-likeness (QED) is 0.902. The van der Waals surface area contributed by atoms with E-state index in [1.165, 1.54) is 25.7 Å². The van der Waals surface area contributed by atoms with Gasteiger partial charge in [-0.2, -0.15) is 0 Å². The van der Waals surface area contributed by atoms with Gasteiger partial charge >= 0.3 is 6.03 Å². The molecule has 120 valence electrons. The van der Waals surface area contributed by atoms with Crippen molar-refractivity contribution in [1.29, 1.82) is 0 Å². The van der Waals surface area contributed by atoms with Gasteiger partial charge in [0, 0.05) is 31.4 Å². The molecule has 0 aromatic carbocycles. The fourth-order valence-corrected chi connectivity index (χ4v) is 3.62. The second-order valence-electron chi connectivity index (χ2n) is 6.54. The number of hydrogen-bond donors (Lipinski definition) is 2. The number of likely N-dealkylation sites (tertiary alicyclic amines) is 1. The highest BCUT2D eigenvalue weighted by Gasteiger charge is 2.27. The molecule has 1 aromatic rings. The van der Waals surface area contributed by atoms with E-state index < -0.39 is 0 Å². The van der Waals surface area contributed by atoms with Crippen LogP contribution in [0.1, 0.15) is 44.1 Å². The SMILES string of the molecule is Cc1ccncc1NC(=O)NC1CCN(C2CCCC2)CC1. The number of carbonyl (C=O) groups excluding carboxylic acids is 1. The summed E-state index contributed by atoms with van der Waals surface area (Å²) in [4.78, 5) is 18.8. The molecular formula is C17H26N4O. The van der Waals surface area contributed by atoms with E-state index in [9.17, 15) is 4.79 Å². The number of rotatable bonds is 3. The van der Waals surface area contributed by atoms with Gasteiger partial charge in [0.1, 0.15) is 0 Å². The van der Waals surface area contributed by atoms with Gasteiger partial charge in [0.25, 0.3) is 0 Å². The molecule has 2 amide bonds. The first-order valence-corrected chi connectivity index (χ1v) is 8.44. The standard InChI is InChI=1S/C17H26N4O/c1-13-6-9-18-12-16(13)20-17(22)19-14-7-10-21(11-8-14)15-4-2-3-5-15/h6,9,12,14-15H,2-5,7-8,10-11H2,1H3,(H2,19,20,22). The first-order chi connectivity index (χ1) is 10.7. The Labute approximate surface area is 132 Å². The molecule has 5 heteroatoms. The van der Waals surface area contributed by atoms with Crippen LogP contribution in [-0.2, 0) is 0 Å². The Morgan fingerprint density at radius 3 is 2.64 bits per heavy atom. The van der Waals surface area contributed by atoms with Crippen LogP contribution in [-0.4, -0.2) is 41.1 Å². The van der Waals surface area contributed by atoms with Crippen molar-refractivity contribution in [3.05, 3.63) is 24.0 Å². The van der Waals surface area contributed by atoms with Gasteiger partial charge in [0.05, 0.1) is 11.9 Å². The van der Waals surface area contributed by atoms with E-state index in [2.05, 4.69) is 20.5 Å². The Morgan fingerprint density at radius 2 is 1.95 bits per heavy atom. The lowest BCUT2D eigenvalue weighted by atomic mass is 10.0. The summed E-state index contributed by atoms with van der Waals surface area (Å²) in [5.74, 6) is 0. The molecule has 0 radical (unpaired) electrons. The molecule has 2 heterocycles. The molecule has 2 N–H and O–H groups in total. The minimum Gasteiger partial charge on any atom is -0.335 e. The minimum atomic E-state index is -0.115. The zero-order chi connectivity index (χ0) is 15.4. The maximum atomic E-state index is 12.1. The van der Waals surface area contributed by atoms with Crippen molar-refractivity contribution in [2.75, 3.05) is 18.4 Å². The lowest BCUT2D eigenvalue weighted by Gasteiger charge is -2.36. The van der Waals surface area contributed by atoms with Gasteiger partial charge in [-0.1, -0.05) is 12.8 Å². The van der Waals surface area contributed by atoms with E-state index in [0.717, 1.165) is 43.2 Å². The molecule has 5 nitrogen and oxygen atoms in total. The zero-order valence-corrected chi connectivity index (χ0v) is 13.3. The van der Waals surface area contributed by atoms with Crippen LogP contribution in [0.15, 0.2) is 18.5 Å². The second-order valence-corrected chi connectivity index (χ2v) is 6.54. The maximum Gasteiger partial charge on any atom is 0.319 e. The summed E-state index contributed by atoms with van der Waals surface area (Å²) in [7, 11) is 0. The number of piperidine rings is 1. The molecule has 3 rings (SSSR count). The van der Waals surface area contributed by atoms with Crippen molar-refractivity contribution in [2.45, 2.75) is 57.5 Å². The average molecular weight is 302 g/mol. The van der Waals surface area contributed by atoms with E-state index in [0.29, 0.717) is 0 Å². The maximum absolute atomic E-state index is 12.1. The molecule has 1 aliphatic heterocycles. The normalized spacial score (nSPS) is 21.0. The van der Waals surface area contributed by atoms with Crippen LogP contribution in [0.4, 0.5) is 10.5 Å². The fourth-order valence-electron chi connectivity index (χ4n) is 3.62. The zero-order valence-electron chi connectivity index (χ0n) is 13.3. The van der Waals surface area contributed by atoms with Crippen LogP contribution in [0.25, 0.3) is 0 Å². The van der Waals surface area contributed by atoms with Gasteiger partial charge in [0.15, 0.2) is 0 Å². The van der Waals surface area contributed by atoms with Crippen LogP contribution in [0.3, 0.4) is 0 Å². The Balaban J connectivity index is 1.44. The summed E-state index contributed by atoms with van der Waals surface area (Å²) in [5.41, 5.74) is 1.81. The molecule has 1 aromatic heterocycles. The topological polar surface area (TPSA) is 57.3 Å². The van der Waals surface area contributed by atoms with E-state index in [1.807, 2.05) is 13.0 Å². The number of aryl methyl sites for hydroxylation is 1. The smallest absolute Gasteiger partial charge is 0.319 e. The van der Waals surface area contributed by atoms with Gasteiger partial charge < -0.3 is 15.5 Å². The van der Waals surface area contributed by atoms with E-state index in [4.69, 9.17) is 0 Å². The Kier molecular flexibility index (Phi) is 4.93. The lowest BCUT2D eigenvalue weighted by molar-refractivity contribution is 0.147. The van der Waals surface area contributed by atoms with E-state index in [-0.39, 0.29) is 12.1 Å². The minimum absolute atomic E-state index is 0.115. The average Bonchev–Trinajstić information content (AvgIpc) is 3.05. The third kappa shape index (κ3) is 3.77. The van der Waals surface area contributed by atoms with Crippen molar-refractivity contribution >= 4 is 11.7 Å². The summed E-state index contributed by atoms with van der Waals surface area (Å²) in [6, 6.07) is 2.87. The Bertz CT molecular complexity index is 505. The van der Waals surface area contributed by atoms with Gasteiger partial charge in [0.2, 0.25) is 0 Å². The molecule has 2 aliphatic rings. The largest absolute Gasteiger partial charge is 0.335 e. The lowest BCUT2D eigenvalue weighted by Crippen LogP contribution is -2.48. The van der Waals surface area contributed by atoms with Gasteiger partial charge in [-0.15, -0.1) is 0 Å². The molecular weight excluding hydrogens is 276 g/mol. The van der Waals surface area contributed by atoms with Gasteiger partial charge in [-0.3, -0.25) is 4.98 Å². The molecule has 0 bridgehead atoms. The van der Waals surface area contributed by atoms with Crippen LogP contribution in [0, 0.1) is 6.92 Å². The predicted octanol–water partition coefficient (Wildman–Crippen LogP) is 2.92. The Morgan fingerprint density at radius 1 is 1.23 bits per heavy atom. The number of aromatic nitrogens is 1. The molecule has 1 saturated carbocycles. The monoisotopic (exact) mass is 302 g/mol. The highest BCUT2D eigenvalue weighted by molar-refractivity contribution is 5.90. The van der Waals surface area contributed by atoms with E-state index >= 15 is 0 Å². The first-order valence-electron chi connectivity index (χ1n) is 8.44. The molecule has 0 unspecified atom stereocenters.